The number of hydrogen-bond acceptors (Lipinski definition) is 6. The van der Waals surface area contributed by atoms with Crippen molar-refractivity contribution in [3.8, 4) is 17.2 Å². The second-order valence-electron chi connectivity index (χ2n) is 9.08. The third-order valence-electron chi connectivity index (χ3n) is 6.54. The third-order valence-corrected chi connectivity index (χ3v) is 6.91. The molecule has 0 saturated heterocycles. The van der Waals surface area contributed by atoms with Crippen LogP contribution in [0.25, 0.3) is 0 Å². The fourth-order valence-corrected chi connectivity index (χ4v) is 4.71. The van der Waals surface area contributed by atoms with E-state index < -0.39 is 11.7 Å². The van der Waals surface area contributed by atoms with Gasteiger partial charge in [-0.3, -0.25) is 9.59 Å². The number of carbonyl (C=O) groups excluding carboxylic acids is 2. The number of benzene rings is 1. The summed E-state index contributed by atoms with van der Waals surface area (Å²) in [6, 6.07) is 1.48. The first kappa shape index (κ1) is 31.8. The molecule has 0 aliphatic heterocycles. The van der Waals surface area contributed by atoms with Crippen molar-refractivity contribution in [3.63, 3.8) is 0 Å². The molecule has 7 heteroatoms. The summed E-state index contributed by atoms with van der Waals surface area (Å²) < 4.78 is 16.6. The summed E-state index contributed by atoms with van der Waals surface area (Å²) >= 11 is 6.23. The number of carbonyl (C=O) groups is 2. The van der Waals surface area contributed by atoms with Gasteiger partial charge < -0.3 is 19.3 Å². The molecule has 2 atom stereocenters. The van der Waals surface area contributed by atoms with E-state index in [1.54, 1.807) is 6.92 Å². The van der Waals surface area contributed by atoms with Crippen LogP contribution in [-0.4, -0.2) is 37.5 Å². The quantitative estimate of drug-likeness (QED) is 0.196. The summed E-state index contributed by atoms with van der Waals surface area (Å²) in [5.41, 5.74) is 0.439. The van der Waals surface area contributed by atoms with E-state index in [4.69, 9.17) is 25.8 Å². The van der Waals surface area contributed by atoms with Gasteiger partial charge in [-0.1, -0.05) is 84.2 Å². The maximum absolute atomic E-state index is 13.7. The van der Waals surface area contributed by atoms with E-state index in [1.807, 2.05) is 20.8 Å². The Morgan fingerprint density at radius 3 is 2.14 bits per heavy atom. The highest BCUT2D eigenvalue weighted by molar-refractivity contribution is 6.34. The van der Waals surface area contributed by atoms with E-state index in [1.165, 1.54) is 52.4 Å². The molecule has 1 aromatic carbocycles. The summed E-state index contributed by atoms with van der Waals surface area (Å²) in [5, 5.41) is 10.7. The average molecular weight is 525 g/mol. The van der Waals surface area contributed by atoms with Crippen molar-refractivity contribution < 1.29 is 28.9 Å². The summed E-state index contributed by atoms with van der Waals surface area (Å²) in [6.07, 6.45) is 9.59. The molecular weight excluding hydrogens is 480 g/mol. The van der Waals surface area contributed by atoms with Crippen LogP contribution in [0.5, 0.6) is 17.2 Å². The maximum Gasteiger partial charge on any atom is 0.181 e. The summed E-state index contributed by atoms with van der Waals surface area (Å²) in [4.78, 5) is 26.3. The Labute approximate surface area is 222 Å². The van der Waals surface area contributed by atoms with Gasteiger partial charge in [-0.05, 0) is 19.3 Å². The minimum absolute atomic E-state index is 0.0218. The van der Waals surface area contributed by atoms with Gasteiger partial charge in [0, 0.05) is 18.1 Å². The molecule has 0 fully saturated rings. The van der Waals surface area contributed by atoms with Gasteiger partial charge in [0.25, 0.3) is 0 Å². The van der Waals surface area contributed by atoms with Gasteiger partial charge in [0.2, 0.25) is 0 Å². The molecule has 1 aliphatic carbocycles. The number of ether oxygens (including phenoxy) is 3. The molecule has 1 aliphatic rings. The van der Waals surface area contributed by atoms with Crippen molar-refractivity contribution >= 4 is 23.2 Å². The zero-order valence-corrected chi connectivity index (χ0v) is 23.9. The van der Waals surface area contributed by atoms with E-state index in [2.05, 4.69) is 6.92 Å². The molecular formula is C29H45ClO6. The normalized spacial score (nSPS) is 17.4. The molecule has 0 radical (unpaired) electrons. The lowest BCUT2D eigenvalue weighted by Gasteiger charge is -2.31. The first-order valence-corrected chi connectivity index (χ1v) is 13.7. The lowest BCUT2D eigenvalue weighted by atomic mass is 9.76. The van der Waals surface area contributed by atoms with Crippen LogP contribution in [-0.2, 0) is 9.53 Å². The zero-order valence-electron chi connectivity index (χ0n) is 23.2. The highest BCUT2D eigenvalue weighted by atomic mass is 35.5. The fraction of sp³-hybridized carbons (Fsp3) is 0.655. The van der Waals surface area contributed by atoms with Crippen LogP contribution in [0.1, 0.15) is 103 Å². The second-order valence-corrected chi connectivity index (χ2v) is 9.46. The van der Waals surface area contributed by atoms with Crippen molar-refractivity contribution in [1.82, 2.24) is 0 Å². The van der Waals surface area contributed by atoms with E-state index >= 15 is 0 Å². The Bertz CT molecular complexity index is 892. The number of halogens is 1. The van der Waals surface area contributed by atoms with E-state index in [0.717, 1.165) is 19.3 Å². The molecule has 1 N–H and O–H groups in total. The number of Topliss-reactive ketones (excluding diaryl/α,β-unsaturated/α-hetero) is 2. The van der Waals surface area contributed by atoms with Crippen LogP contribution in [0.2, 0.25) is 5.02 Å². The molecule has 6 nitrogen and oxygen atoms in total. The Morgan fingerprint density at radius 1 is 1.03 bits per heavy atom. The van der Waals surface area contributed by atoms with Crippen molar-refractivity contribution in [3.05, 3.63) is 28.0 Å². The SMILES string of the molecule is CC.CCCCCCCCCCOC1=C(C)C(=O)CC(C)C1C(=O)c1c(OC)cc(OC)c(Cl)c1O. The predicted molar refractivity (Wildman–Crippen MR) is 145 cm³/mol. The van der Waals surface area contributed by atoms with Crippen molar-refractivity contribution in [2.75, 3.05) is 20.8 Å². The first-order chi connectivity index (χ1) is 17.3. The van der Waals surface area contributed by atoms with Gasteiger partial charge in [-0.25, -0.2) is 0 Å². The van der Waals surface area contributed by atoms with E-state index in [-0.39, 0.29) is 46.0 Å². The Morgan fingerprint density at radius 2 is 1.58 bits per heavy atom. The van der Waals surface area contributed by atoms with Gasteiger partial charge in [0.05, 0.1) is 26.7 Å². The molecule has 0 aromatic heterocycles. The number of unbranched alkanes of at least 4 members (excludes halogenated alkanes) is 7. The maximum atomic E-state index is 13.7. The lowest BCUT2D eigenvalue weighted by Crippen LogP contribution is -2.33. The molecule has 0 spiro atoms. The molecule has 36 heavy (non-hydrogen) atoms. The van der Waals surface area contributed by atoms with Crippen LogP contribution >= 0.6 is 11.6 Å². The minimum atomic E-state index is -0.712. The molecule has 2 unspecified atom stereocenters. The molecule has 0 heterocycles. The van der Waals surface area contributed by atoms with Gasteiger partial charge in [0.15, 0.2) is 17.3 Å². The lowest BCUT2D eigenvalue weighted by molar-refractivity contribution is -0.117. The standard InChI is InChI=1S/C27H39ClO6.C2H6/c1-6-7-8-9-10-11-12-13-14-34-27-18(3)19(29)15-17(2)22(27)25(30)23-20(32-4)16-21(33-5)24(28)26(23)31;1-2/h16-17,22,31H,6-15H2,1-5H3;1-2H3. The molecule has 204 valence electrons. The number of aromatic hydroxyl groups is 1. The monoisotopic (exact) mass is 524 g/mol. The fourth-order valence-electron chi connectivity index (χ4n) is 4.49. The van der Waals surface area contributed by atoms with Crippen LogP contribution in [0.15, 0.2) is 17.4 Å². The second kappa shape index (κ2) is 16.5. The van der Waals surface area contributed by atoms with Gasteiger partial charge >= 0.3 is 0 Å². The van der Waals surface area contributed by atoms with E-state index in [0.29, 0.717) is 17.9 Å². The number of ketones is 2. The summed E-state index contributed by atoms with van der Waals surface area (Å²) in [7, 11) is 2.83. The number of phenolic OH excluding ortho intramolecular Hbond substituents is 1. The third kappa shape index (κ3) is 8.16. The van der Waals surface area contributed by atoms with Gasteiger partial charge in [-0.15, -0.1) is 0 Å². The molecule has 2 rings (SSSR count). The first-order valence-electron chi connectivity index (χ1n) is 13.3. The number of rotatable bonds is 14. The largest absolute Gasteiger partial charge is 0.505 e. The summed E-state index contributed by atoms with van der Waals surface area (Å²) in [6.45, 7) is 10.2. The minimum Gasteiger partial charge on any atom is -0.505 e. The Balaban J connectivity index is 0.00000316. The number of allylic oxidation sites excluding steroid dienone is 2. The highest BCUT2D eigenvalue weighted by Gasteiger charge is 2.41. The number of hydrogen-bond donors (Lipinski definition) is 1. The van der Waals surface area contributed by atoms with Crippen molar-refractivity contribution in [1.29, 1.82) is 0 Å². The topological polar surface area (TPSA) is 82.1 Å². The summed E-state index contributed by atoms with van der Waals surface area (Å²) in [5.74, 6) is -1.05. The molecule has 0 saturated carbocycles. The molecule has 1 aromatic rings. The smallest absolute Gasteiger partial charge is 0.181 e. The average Bonchev–Trinajstić information content (AvgIpc) is 2.88. The molecule has 0 amide bonds. The van der Waals surface area contributed by atoms with Crippen LogP contribution in [0, 0.1) is 11.8 Å². The van der Waals surface area contributed by atoms with E-state index in [9.17, 15) is 14.7 Å². The highest BCUT2D eigenvalue weighted by Crippen LogP contribution is 2.45. The Kier molecular flexibility index (Phi) is 14.6. The Hall–Kier alpha value is -2.21. The van der Waals surface area contributed by atoms with Crippen LogP contribution in [0.3, 0.4) is 0 Å². The molecule has 0 bridgehead atoms. The van der Waals surface area contributed by atoms with Crippen LogP contribution in [0.4, 0.5) is 0 Å². The number of phenols is 1. The number of methoxy groups -OCH3 is 2. The van der Waals surface area contributed by atoms with Gasteiger partial charge in [0.1, 0.15) is 27.8 Å². The van der Waals surface area contributed by atoms with Crippen LogP contribution < -0.4 is 9.47 Å². The van der Waals surface area contributed by atoms with Crippen molar-refractivity contribution in [2.24, 2.45) is 11.8 Å². The zero-order chi connectivity index (χ0) is 27.3. The van der Waals surface area contributed by atoms with Crippen molar-refractivity contribution in [2.45, 2.75) is 92.4 Å². The van der Waals surface area contributed by atoms with Gasteiger partial charge in [-0.2, -0.15) is 0 Å². The predicted octanol–water partition coefficient (Wildman–Crippen LogP) is 7.93.